The molecular formula is C24H27N3O5S. The quantitative estimate of drug-likeness (QED) is 0.234. The Morgan fingerprint density at radius 2 is 1.88 bits per heavy atom. The average molecular weight is 470 g/mol. The number of ether oxygens (including phenoxy) is 4. The van der Waals surface area contributed by atoms with E-state index >= 15 is 0 Å². The molecule has 0 aliphatic carbocycles. The van der Waals surface area contributed by atoms with Crippen LogP contribution in [0.2, 0.25) is 0 Å². The van der Waals surface area contributed by atoms with Gasteiger partial charge in [-0.3, -0.25) is 10.2 Å². The summed E-state index contributed by atoms with van der Waals surface area (Å²) in [5, 5.41) is 6.65. The number of hydrogen-bond acceptors (Lipinski definition) is 9. The molecular weight excluding hydrogens is 442 g/mol. The van der Waals surface area contributed by atoms with Crippen LogP contribution in [0.3, 0.4) is 0 Å². The summed E-state index contributed by atoms with van der Waals surface area (Å²) in [6, 6.07) is 13.3. The summed E-state index contributed by atoms with van der Waals surface area (Å²) in [6.45, 7) is 4.94. The number of aromatic nitrogens is 1. The zero-order valence-electron chi connectivity index (χ0n) is 18.9. The summed E-state index contributed by atoms with van der Waals surface area (Å²) in [5.74, 6) is 1.79. The molecule has 1 N–H and O–H groups in total. The van der Waals surface area contributed by atoms with E-state index in [-0.39, 0.29) is 12.4 Å². The predicted molar refractivity (Wildman–Crippen MR) is 129 cm³/mol. The third-order valence-electron chi connectivity index (χ3n) is 4.39. The molecule has 0 amide bonds. The smallest absolute Gasteiger partial charge is 0.311 e. The summed E-state index contributed by atoms with van der Waals surface area (Å²) >= 11 is 1.37. The van der Waals surface area contributed by atoms with Crippen LogP contribution in [-0.4, -0.2) is 37.5 Å². The molecule has 0 radical (unpaired) electrons. The van der Waals surface area contributed by atoms with E-state index in [9.17, 15) is 4.79 Å². The van der Waals surface area contributed by atoms with Gasteiger partial charge in [-0.15, -0.1) is 11.3 Å². The summed E-state index contributed by atoms with van der Waals surface area (Å²) in [7, 11) is 1.62. The van der Waals surface area contributed by atoms with Crippen molar-refractivity contribution in [2.24, 2.45) is 5.10 Å². The van der Waals surface area contributed by atoms with Crippen LogP contribution in [0.4, 0.5) is 5.13 Å². The Balaban J connectivity index is 1.63. The van der Waals surface area contributed by atoms with Crippen molar-refractivity contribution in [3.8, 4) is 17.2 Å². The normalized spacial score (nSPS) is 10.8. The number of benzene rings is 2. The summed E-state index contributed by atoms with van der Waals surface area (Å²) in [5.41, 5.74) is 5.28. The maximum atomic E-state index is 11.6. The molecule has 0 unspecified atom stereocenters. The lowest BCUT2D eigenvalue weighted by Crippen LogP contribution is -2.07. The van der Waals surface area contributed by atoms with Gasteiger partial charge in [-0.1, -0.05) is 12.1 Å². The number of para-hydroxylation sites is 2. The topological polar surface area (TPSA) is 91.3 Å². The Bertz CT molecular complexity index is 1080. The number of nitrogens with zero attached hydrogens (tertiary/aromatic N) is 2. The first kappa shape index (κ1) is 24.1. The number of rotatable bonds is 12. The number of hydrazone groups is 1. The third kappa shape index (κ3) is 7.21. The molecule has 0 aliphatic rings. The van der Waals surface area contributed by atoms with Crippen molar-refractivity contribution in [1.29, 1.82) is 0 Å². The number of thiazole rings is 1. The maximum Gasteiger partial charge on any atom is 0.311 e. The number of carbonyl (C=O) groups is 1. The van der Waals surface area contributed by atoms with Crippen molar-refractivity contribution in [2.75, 3.05) is 25.7 Å². The average Bonchev–Trinajstić information content (AvgIpc) is 3.26. The van der Waals surface area contributed by atoms with Gasteiger partial charge in [0.1, 0.15) is 12.4 Å². The Labute approximate surface area is 197 Å². The fourth-order valence-electron chi connectivity index (χ4n) is 2.95. The van der Waals surface area contributed by atoms with Crippen molar-refractivity contribution < 1.29 is 23.7 Å². The van der Waals surface area contributed by atoms with Crippen LogP contribution >= 0.6 is 11.3 Å². The van der Waals surface area contributed by atoms with E-state index in [1.165, 1.54) is 11.3 Å². The predicted octanol–water partition coefficient (Wildman–Crippen LogP) is 4.68. The van der Waals surface area contributed by atoms with Crippen LogP contribution in [0, 0.1) is 0 Å². The zero-order valence-corrected chi connectivity index (χ0v) is 19.7. The van der Waals surface area contributed by atoms with Gasteiger partial charge in [0.2, 0.25) is 5.13 Å². The minimum Gasteiger partial charge on any atom is -0.496 e. The molecule has 0 atom stereocenters. The SMILES string of the molecule is CCOC(=O)Cc1csc(NN=Cc2ccc(OC)c(COc3ccccc3OCC)c2)n1. The van der Waals surface area contributed by atoms with E-state index in [4.69, 9.17) is 18.9 Å². The van der Waals surface area contributed by atoms with Crippen molar-refractivity contribution in [3.63, 3.8) is 0 Å². The van der Waals surface area contributed by atoms with E-state index in [0.29, 0.717) is 42.1 Å². The van der Waals surface area contributed by atoms with Crippen LogP contribution in [0.15, 0.2) is 52.9 Å². The first-order chi connectivity index (χ1) is 16.1. The van der Waals surface area contributed by atoms with E-state index in [1.54, 1.807) is 25.6 Å². The van der Waals surface area contributed by atoms with Crippen LogP contribution in [0.25, 0.3) is 0 Å². The summed E-state index contributed by atoms with van der Waals surface area (Å²) < 4.78 is 22.0. The van der Waals surface area contributed by atoms with Crippen LogP contribution in [-0.2, 0) is 22.6 Å². The highest BCUT2D eigenvalue weighted by Gasteiger charge is 2.09. The van der Waals surface area contributed by atoms with Crippen molar-refractivity contribution in [2.45, 2.75) is 26.9 Å². The molecule has 1 heterocycles. The minimum atomic E-state index is -0.297. The number of hydrogen-bond donors (Lipinski definition) is 1. The van der Waals surface area contributed by atoms with Crippen LogP contribution < -0.4 is 19.6 Å². The highest BCUT2D eigenvalue weighted by Crippen LogP contribution is 2.29. The Morgan fingerprint density at radius 3 is 2.61 bits per heavy atom. The number of carbonyl (C=O) groups excluding carboxylic acids is 1. The van der Waals surface area contributed by atoms with Gasteiger partial charge in [0.25, 0.3) is 0 Å². The van der Waals surface area contributed by atoms with Gasteiger partial charge < -0.3 is 18.9 Å². The maximum absolute atomic E-state index is 11.6. The first-order valence-corrected chi connectivity index (χ1v) is 11.4. The molecule has 0 saturated carbocycles. The van der Waals surface area contributed by atoms with E-state index in [0.717, 1.165) is 16.9 Å². The van der Waals surface area contributed by atoms with E-state index in [1.807, 2.05) is 49.4 Å². The molecule has 0 bridgehead atoms. The molecule has 0 spiro atoms. The standard InChI is InChI=1S/C24H27N3O5S/c1-4-30-21-8-6-7-9-22(21)32-15-18-12-17(10-11-20(18)29-3)14-25-27-24-26-19(16-33-24)13-23(28)31-5-2/h6-12,14,16H,4-5,13,15H2,1-3H3,(H,26,27). The van der Waals surface area contributed by atoms with Gasteiger partial charge in [0.05, 0.1) is 38.7 Å². The lowest BCUT2D eigenvalue weighted by molar-refractivity contribution is -0.142. The lowest BCUT2D eigenvalue weighted by atomic mass is 10.1. The van der Waals surface area contributed by atoms with Gasteiger partial charge in [-0.05, 0) is 49.7 Å². The molecule has 0 saturated heterocycles. The van der Waals surface area contributed by atoms with E-state index < -0.39 is 0 Å². The fourth-order valence-corrected chi connectivity index (χ4v) is 3.61. The van der Waals surface area contributed by atoms with Gasteiger partial charge in [0.15, 0.2) is 11.5 Å². The molecule has 3 aromatic rings. The minimum absolute atomic E-state index is 0.143. The molecule has 8 nitrogen and oxygen atoms in total. The molecule has 174 valence electrons. The largest absolute Gasteiger partial charge is 0.496 e. The van der Waals surface area contributed by atoms with Gasteiger partial charge in [-0.2, -0.15) is 5.10 Å². The van der Waals surface area contributed by atoms with Gasteiger partial charge in [-0.25, -0.2) is 4.98 Å². The second kappa shape index (κ2) is 12.4. The molecule has 3 rings (SSSR count). The monoisotopic (exact) mass is 469 g/mol. The van der Waals surface area contributed by atoms with Crippen molar-refractivity contribution in [3.05, 3.63) is 64.7 Å². The fraction of sp³-hybridized carbons (Fsp3) is 0.292. The van der Waals surface area contributed by atoms with Crippen molar-refractivity contribution in [1.82, 2.24) is 4.98 Å². The van der Waals surface area contributed by atoms with Gasteiger partial charge >= 0.3 is 5.97 Å². The molecule has 1 aromatic heterocycles. The Hall–Kier alpha value is -3.59. The van der Waals surface area contributed by atoms with E-state index in [2.05, 4.69) is 15.5 Å². The highest BCUT2D eigenvalue weighted by molar-refractivity contribution is 7.13. The highest BCUT2D eigenvalue weighted by atomic mass is 32.1. The second-order valence-electron chi connectivity index (χ2n) is 6.74. The molecule has 9 heteroatoms. The number of anilines is 1. The van der Waals surface area contributed by atoms with Crippen LogP contribution in [0.5, 0.6) is 17.2 Å². The molecule has 0 aliphatic heterocycles. The number of methoxy groups -OCH3 is 1. The zero-order chi connectivity index (χ0) is 23.5. The summed E-state index contributed by atoms with van der Waals surface area (Å²) in [6.07, 6.45) is 1.83. The molecule has 33 heavy (non-hydrogen) atoms. The summed E-state index contributed by atoms with van der Waals surface area (Å²) in [4.78, 5) is 15.9. The van der Waals surface area contributed by atoms with Crippen molar-refractivity contribution >= 4 is 28.7 Å². The third-order valence-corrected chi connectivity index (χ3v) is 5.19. The second-order valence-corrected chi connectivity index (χ2v) is 7.59. The Morgan fingerprint density at radius 1 is 1.09 bits per heavy atom. The van der Waals surface area contributed by atoms with Gasteiger partial charge in [0, 0.05) is 10.9 Å². The van der Waals surface area contributed by atoms with Crippen LogP contribution in [0.1, 0.15) is 30.7 Å². The number of esters is 1. The molecule has 0 fully saturated rings. The number of nitrogens with one attached hydrogen (secondary N) is 1. The first-order valence-electron chi connectivity index (χ1n) is 10.5. The Kier molecular flexibility index (Phi) is 9.08. The lowest BCUT2D eigenvalue weighted by Gasteiger charge is -2.14. The molecule has 2 aromatic carbocycles.